The van der Waals surface area contributed by atoms with Crippen LogP contribution < -0.4 is 5.32 Å². The second-order valence-electron chi connectivity index (χ2n) is 7.69. The van der Waals surface area contributed by atoms with E-state index in [1.165, 1.54) is 25.0 Å². The molecule has 3 nitrogen and oxygen atoms in total. The van der Waals surface area contributed by atoms with Gasteiger partial charge in [0.05, 0.1) is 5.56 Å². The van der Waals surface area contributed by atoms with Gasteiger partial charge in [0.25, 0.3) is 0 Å². The SMILES string of the molecule is O=C(NCC1CCN(C2CC2)C1)C1CC1c1ccc(C(F)(F)F)cc1. The molecule has 1 aromatic carbocycles. The Balaban J connectivity index is 1.24. The monoisotopic (exact) mass is 352 g/mol. The van der Waals surface area contributed by atoms with Gasteiger partial charge < -0.3 is 10.2 Å². The van der Waals surface area contributed by atoms with Gasteiger partial charge in [-0.25, -0.2) is 0 Å². The quantitative estimate of drug-likeness (QED) is 0.881. The Morgan fingerprint density at radius 1 is 1.16 bits per heavy atom. The van der Waals surface area contributed by atoms with Crippen LogP contribution in [0, 0.1) is 11.8 Å². The zero-order chi connectivity index (χ0) is 17.6. The molecule has 1 heterocycles. The number of benzene rings is 1. The highest BCUT2D eigenvalue weighted by atomic mass is 19.4. The summed E-state index contributed by atoms with van der Waals surface area (Å²) in [6, 6.07) is 6.01. The Bertz CT molecular complexity index is 639. The van der Waals surface area contributed by atoms with Crippen molar-refractivity contribution in [1.29, 1.82) is 0 Å². The molecule has 1 aromatic rings. The van der Waals surface area contributed by atoms with Gasteiger partial charge in [-0.15, -0.1) is 0 Å². The lowest BCUT2D eigenvalue weighted by molar-refractivity contribution is -0.137. The minimum atomic E-state index is -4.31. The molecule has 136 valence electrons. The van der Waals surface area contributed by atoms with Crippen molar-refractivity contribution in [3.05, 3.63) is 35.4 Å². The fourth-order valence-corrected chi connectivity index (χ4v) is 3.95. The molecular weight excluding hydrogens is 329 g/mol. The molecule has 0 radical (unpaired) electrons. The molecule has 3 unspecified atom stereocenters. The summed E-state index contributed by atoms with van der Waals surface area (Å²) in [5.74, 6) is 0.564. The van der Waals surface area contributed by atoms with Crippen molar-refractivity contribution in [2.75, 3.05) is 19.6 Å². The summed E-state index contributed by atoms with van der Waals surface area (Å²) >= 11 is 0. The number of carbonyl (C=O) groups excluding carboxylic acids is 1. The van der Waals surface area contributed by atoms with Crippen LogP contribution >= 0.6 is 0 Å². The zero-order valence-electron chi connectivity index (χ0n) is 14.1. The van der Waals surface area contributed by atoms with E-state index in [-0.39, 0.29) is 17.7 Å². The minimum absolute atomic E-state index is 0.0507. The van der Waals surface area contributed by atoms with Gasteiger partial charge in [0, 0.05) is 25.0 Å². The first kappa shape index (κ1) is 16.9. The van der Waals surface area contributed by atoms with E-state index in [2.05, 4.69) is 10.2 Å². The average molecular weight is 352 g/mol. The molecular formula is C19H23F3N2O. The Morgan fingerprint density at radius 3 is 2.52 bits per heavy atom. The number of halogens is 3. The maximum atomic E-state index is 12.6. The molecule has 3 aliphatic rings. The first-order valence-corrected chi connectivity index (χ1v) is 9.11. The average Bonchev–Trinajstić information content (AvgIpc) is 3.50. The van der Waals surface area contributed by atoms with Gasteiger partial charge >= 0.3 is 6.18 Å². The van der Waals surface area contributed by atoms with Crippen molar-refractivity contribution < 1.29 is 18.0 Å². The number of hydrogen-bond acceptors (Lipinski definition) is 2. The van der Waals surface area contributed by atoms with E-state index >= 15 is 0 Å². The molecule has 1 amide bonds. The summed E-state index contributed by atoms with van der Waals surface area (Å²) in [6.45, 7) is 2.94. The van der Waals surface area contributed by atoms with Crippen LogP contribution in [0.4, 0.5) is 13.2 Å². The van der Waals surface area contributed by atoms with Crippen molar-refractivity contribution >= 4 is 5.91 Å². The predicted molar refractivity (Wildman–Crippen MR) is 88.0 cm³/mol. The molecule has 25 heavy (non-hydrogen) atoms. The number of alkyl halides is 3. The summed E-state index contributed by atoms with van der Waals surface area (Å²) < 4.78 is 37.8. The smallest absolute Gasteiger partial charge is 0.356 e. The van der Waals surface area contributed by atoms with Gasteiger partial charge in [-0.3, -0.25) is 4.79 Å². The van der Waals surface area contributed by atoms with E-state index in [0.717, 1.165) is 56.2 Å². The van der Waals surface area contributed by atoms with Crippen molar-refractivity contribution in [2.24, 2.45) is 11.8 Å². The maximum Gasteiger partial charge on any atom is 0.416 e. The van der Waals surface area contributed by atoms with Gasteiger partial charge in [-0.1, -0.05) is 12.1 Å². The molecule has 2 aliphatic carbocycles. The number of nitrogens with zero attached hydrogens (tertiary/aromatic N) is 1. The standard InChI is InChI=1S/C19H23F3N2O/c20-19(21,22)14-3-1-13(2-4-14)16-9-17(16)18(25)23-10-12-7-8-24(11-12)15-5-6-15/h1-4,12,15-17H,5-11H2,(H,23,25). The molecule has 0 spiro atoms. The minimum Gasteiger partial charge on any atom is -0.356 e. The Kier molecular flexibility index (Phi) is 4.26. The molecule has 0 bridgehead atoms. The van der Waals surface area contributed by atoms with Crippen LogP contribution in [0.25, 0.3) is 0 Å². The Hall–Kier alpha value is -1.56. The maximum absolute atomic E-state index is 12.6. The van der Waals surface area contributed by atoms with E-state index in [1.807, 2.05) is 0 Å². The number of carbonyl (C=O) groups is 1. The first-order valence-electron chi connectivity index (χ1n) is 9.11. The van der Waals surface area contributed by atoms with E-state index < -0.39 is 11.7 Å². The number of amides is 1. The van der Waals surface area contributed by atoms with Crippen LogP contribution in [-0.2, 0) is 11.0 Å². The lowest BCUT2D eigenvalue weighted by Crippen LogP contribution is -2.32. The van der Waals surface area contributed by atoms with E-state index in [1.54, 1.807) is 0 Å². The van der Waals surface area contributed by atoms with E-state index in [4.69, 9.17) is 0 Å². The number of likely N-dealkylation sites (tertiary alicyclic amines) is 1. The summed E-state index contributed by atoms with van der Waals surface area (Å²) in [4.78, 5) is 14.8. The van der Waals surface area contributed by atoms with Crippen molar-refractivity contribution in [3.63, 3.8) is 0 Å². The summed E-state index contributed by atoms with van der Waals surface area (Å²) in [5.41, 5.74) is 0.188. The van der Waals surface area contributed by atoms with E-state index in [0.29, 0.717) is 5.92 Å². The highest BCUT2D eigenvalue weighted by Gasteiger charge is 2.44. The normalized spacial score (nSPS) is 29.6. The predicted octanol–water partition coefficient (Wildman–Crippen LogP) is 3.41. The zero-order valence-corrected chi connectivity index (χ0v) is 14.1. The lowest BCUT2D eigenvalue weighted by Gasteiger charge is -2.15. The van der Waals surface area contributed by atoms with Crippen molar-refractivity contribution in [3.8, 4) is 0 Å². The molecule has 4 rings (SSSR count). The topological polar surface area (TPSA) is 32.3 Å². The van der Waals surface area contributed by atoms with E-state index in [9.17, 15) is 18.0 Å². The second kappa shape index (κ2) is 6.31. The highest BCUT2D eigenvalue weighted by Crippen LogP contribution is 2.48. The van der Waals surface area contributed by atoms with Crippen molar-refractivity contribution in [1.82, 2.24) is 10.2 Å². The first-order chi connectivity index (χ1) is 11.9. The molecule has 3 atom stereocenters. The van der Waals surface area contributed by atoms with Gasteiger partial charge in [-0.2, -0.15) is 13.2 Å². The molecule has 3 fully saturated rings. The molecule has 1 aliphatic heterocycles. The molecule has 0 aromatic heterocycles. The van der Waals surface area contributed by atoms with Gasteiger partial charge in [0.1, 0.15) is 0 Å². The van der Waals surface area contributed by atoms with Crippen LogP contribution in [0.1, 0.15) is 42.7 Å². The van der Waals surface area contributed by atoms with Crippen LogP contribution in [0.2, 0.25) is 0 Å². The molecule has 2 saturated carbocycles. The summed E-state index contributed by atoms with van der Waals surface area (Å²) in [5, 5.41) is 3.06. The Morgan fingerprint density at radius 2 is 1.88 bits per heavy atom. The third kappa shape index (κ3) is 3.84. The van der Waals surface area contributed by atoms with Crippen molar-refractivity contribution in [2.45, 2.75) is 43.8 Å². The fraction of sp³-hybridized carbons (Fsp3) is 0.632. The van der Waals surface area contributed by atoms with Gasteiger partial charge in [-0.05, 0) is 61.8 Å². The molecule has 1 saturated heterocycles. The van der Waals surface area contributed by atoms with Crippen LogP contribution in [0.5, 0.6) is 0 Å². The Labute approximate surface area is 145 Å². The third-order valence-electron chi connectivity index (χ3n) is 5.74. The third-order valence-corrected chi connectivity index (χ3v) is 5.74. The molecule has 1 N–H and O–H groups in total. The highest BCUT2D eigenvalue weighted by molar-refractivity contribution is 5.82. The van der Waals surface area contributed by atoms with Crippen LogP contribution in [-0.4, -0.2) is 36.5 Å². The summed E-state index contributed by atoms with van der Waals surface area (Å²) in [6.07, 6.45) is 0.195. The molecule has 6 heteroatoms. The van der Waals surface area contributed by atoms with Crippen LogP contribution in [0.3, 0.4) is 0 Å². The van der Waals surface area contributed by atoms with Crippen LogP contribution in [0.15, 0.2) is 24.3 Å². The summed E-state index contributed by atoms with van der Waals surface area (Å²) in [7, 11) is 0. The second-order valence-corrected chi connectivity index (χ2v) is 7.69. The number of hydrogen-bond donors (Lipinski definition) is 1. The van der Waals surface area contributed by atoms with Gasteiger partial charge in [0.15, 0.2) is 0 Å². The number of nitrogens with one attached hydrogen (secondary N) is 1. The lowest BCUT2D eigenvalue weighted by atomic mass is 10.1. The fourth-order valence-electron chi connectivity index (χ4n) is 3.95. The number of rotatable bonds is 5. The largest absolute Gasteiger partial charge is 0.416 e. The van der Waals surface area contributed by atoms with Gasteiger partial charge in [0.2, 0.25) is 5.91 Å².